The van der Waals surface area contributed by atoms with Crippen molar-refractivity contribution in [1.29, 1.82) is 0 Å². The molecule has 15 heavy (non-hydrogen) atoms. The summed E-state index contributed by atoms with van der Waals surface area (Å²) in [5.74, 6) is 0.818. The summed E-state index contributed by atoms with van der Waals surface area (Å²) in [5.41, 5.74) is 0.830. The zero-order valence-electron chi connectivity index (χ0n) is 8.13. The number of nitrogens with zero attached hydrogens (tertiary/aromatic N) is 1. The molecule has 0 N–H and O–H groups in total. The largest absolute Gasteiger partial charge is 0.490 e. The van der Waals surface area contributed by atoms with E-state index in [0.717, 1.165) is 20.2 Å². The topological polar surface area (TPSA) is 22.1 Å². The molecule has 0 bridgehead atoms. The van der Waals surface area contributed by atoms with Crippen LogP contribution in [-0.4, -0.2) is 11.6 Å². The van der Waals surface area contributed by atoms with Crippen LogP contribution >= 0.6 is 34.2 Å². The third-order valence-electron chi connectivity index (χ3n) is 2.04. The fraction of sp³-hybridized carbons (Fsp3) is 0.182. The maximum atomic E-state index is 6.13. The summed E-state index contributed by atoms with van der Waals surface area (Å²) in [6.07, 6.45) is 1.75. The second-order valence-corrected chi connectivity index (χ2v) is 4.57. The van der Waals surface area contributed by atoms with Gasteiger partial charge in [0.15, 0.2) is 5.75 Å². The van der Waals surface area contributed by atoms with Crippen molar-refractivity contribution in [3.05, 3.63) is 33.0 Å². The summed E-state index contributed by atoms with van der Waals surface area (Å²) in [5, 5.41) is 1.65. The second kappa shape index (κ2) is 4.53. The van der Waals surface area contributed by atoms with Gasteiger partial charge in [0.1, 0.15) is 5.52 Å². The molecule has 2 rings (SSSR count). The molecule has 4 heteroatoms. The number of ether oxygens (including phenoxy) is 1. The van der Waals surface area contributed by atoms with E-state index in [1.165, 1.54) is 0 Å². The maximum absolute atomic E-state index is 6.13. The van der Waals surface area contributed by atoms with Gasteiger partial charge in [0.25, 0.3) is 0 Å². The van der Waals surface area contributed by atoms with Crippen LogP contribution in [0.15, 0.2) is 24.4 Å². The van der Waals surface area contributed by atoms with E-state index in [-0.39, 0.29) is 0 Å². The van der Waals surface area contributed by atoms with Gasteiger partial charge in [-0.3, -0.25) is 4.98 Å². The van der Waals surface area contributed by atoms with E-state index in [0.29, 0.717) is 11.6 Å². The SMILES string of the molecule is CCOc1c(I)cc(Cl)c2cccnc12. The molecule has 2 aromatic rings. The second-order valence-electron chi connectivity index (χ2n) is 3.00. The highest BCUT2D eigenvalue weighted by molar-refractivity contribution is 14.1. The van der Waals surface area contributed by atoms with Crippen molar-refractivity contribution in [2.24, 2.45) is 0 Å². The Kier molecular flexibility index (Phi) is 3.31. The van der Waals surface area contributed by atoms with Crippen molar-refractivity contribution in [2.45, 2.75) is 6.92 Å². The van der Waals surface area contributed by atoms with Crippen LogP contribution in [0.3, 0.4) is 0 Å². The average Bonchev–Trinajstić information content (AvgIpc) is 2.24. The third-order valence-corrected chi connectivity index (χ3v) is 3.15. The summed E-state index contributed by atoms with van der Waals surface area (Å²) in [7, 11) is 0. The highest BCUT2D eigenvalue weighted by atomic mass is 127. The van der Waals surface area contributed by atoms with Gasteiger partial charge in [0, 0.05) is 11.6 Å². The molecule has 1 aromatic carbocycles. The van der Waals surface area contributed by atoms with Crippen LogP contribution in [0, 0.1) is 3.57 Å². The molecule has 0 radical (unpaired) electrons. The highest BCUT2D eigenvalue weighted by Crippen LogP contribution is 2.34. The highest BCUT2D eigenvalue weighted by Gasteiger charge is 2.10. The molecule has 0 spiro atoms. The minimum Gasteiger partial charge on any atom is -0.490 e. The minimum atomic E-state index is 0.628. The van der Waals surface area contributed by atoms with Crippen molar-refractivity contribution < 1.29 is 4.74 Å². The Morgan fingerprint density at radius 1 is 1.53 bits per heavy atom. The van der Waals surface area contributed by atoms with Gasteiger partial charge in [-0.2, -0.15) is 0 Å². The van der Waals surface area contributed by atoms with Crippen molar-refractivity contribution >= 4 is 45.1 Å². The van der Waals surface area contributed by atoms with Crippen molar-refractivity contribution in [1.82, 2.24) is 4.98 Å². The number of hydrogen-bond donors (Lipinski definition) is 0. The van der Waals surface area contributed by atoms with Crippen molar-refractivity contribution in [3.63, 3.8) is 0 Å². The summed E-state index contributed by atoms with van der Waals surface area (Å²) in [6.45, 7) is 2.59. The third kappa shape index (κ3) is 2.03. The number of benzene rings is 1. The molecular weight excluding hydrogens is 324 g/mol. The molecule has 0 unspecified atom stereocenters. The fourth-order valence-corrected chi connectivity index (χ4v) is 2.60. The van der Waals surface area contributed by atoms with E-state index in [1.54, 1.807) is 6.20 Å². The van der Waals surface area contributed by atoms with E-state index in [2.05, 4.69) is 27.6 Å². The van der Waals surface area contributed by atoms with E-state index in [1.807, 2.05) is 25.1 Å². The number of pyridine rings is 1. The average molecular weight is 334 g/mol. The minimum absolute atomic E-state index is 0.628. The first-order valence-corrected chi connectivity index (χ1v) is 6.05. The zero-order chi connectivity index (χ0) is 10.8. The number of hydrogen-bond acceptors (Lipinski definition) is 2. The molecule has 0 aliphatic heterocycles. The quantitative estimate of drug-likeness (QED) is 0.778. The van der Waals surface area contributed by atoms with Crippen LogP contribution in [0.2, 0.25) is 5.02 Å². The molecule has 2 nitrogen and oxygen atoms in total. The van der Waals surface area contributed by atoms with Crippen LogP contribution in [0.1, 0.15) is 6.92 Å². The van der Waals surface area contributed by atoms with E-state index in [9.17, 15) is 0 Å². The molecule has 0 atom stereocenters. The predicted molar refractivity (Wildman–Crippen MR) is 70.6 cm³/mol. The van der Waals surface area contributed by atoms with Crippen LogP contribution in [0.4, 0.5) is 0 Å². The van der Waals surface area contributed by atoms with Crippen molar-refractivity contribution in [3.8, 4) is 5.75 Å². The Hall–Kier alpha value is -0.550. The zero-order valence-corrected chi connectivity index (χ0v) is 11.0. The predicted octanol–water partition coefficient (Wildman–Crippen LogP) is 3.89. The van der Waals surface area contributed by atoms with E-state index in [4.69, 9.17) is 16.3 Å². The Morgan fingerprint density at radius 3 is 3.07 bits per heavy atom. The van der Waals surface area contributed by atoms with Gasteiger partial charge in [-0.25, -0.2) is 0 Å². The van der Waals surface area contributed by atoms with E-state index < -0.39 is 0 Å². The van der Waals surface area contributed by atoms with E-state index >= 15 is 0 Å². The first-order chi connectivity index (χ1) is 7.24. The molecule has 78 valence electrons. The lowest BCUT2D eigenvalue weighted by atomic mass is 10.2. The van der Waals surface area contributed by atoms with Gasteiger partial charge in [-0.15, -0.1) is 0 Å². The number of aromatic nitrogens is 1. The van der Waals surface area contributed by atoms with Crippen molar-refractivity contribution in [2.75, 3.05) is 6.61 Å². The van der Waals surface area contributed by atoms with Crippen LogP contribution in [0.25, 0.3) is 10.9 Å². The Balaban J connectivity index is 2.77. The molecule has 0 fully saturated rings. The van der Waals surface area contributed by atoms with Crippen LogP contribution < -0.4 is 4.74 Å². The fourth-order valence-electron chi connectivity index (χ4n) is 1.43. The monoisotopic (exact) mass is 333 g/mol. The first-order valence-electron chi connectivity index (χ1n) is 4.59. The summed E-state index contributed by atoms with van der Waals surface area (Å²) < 4.78 is 6.57. The Bertz CT molecular complexity index is 501. The Labute approximate surface area is 107 Å². The maximum Gasteiger partial charge on any atom is 0.158 e. The molecule has 0 saturated heterocycles. The van der Waals surface area contributed by atoms with Gasteiger partial charge in [0.05, 0.1) is 15.2 Å². The van der Waals surface area contributed by atoms with Gasteiger partial charge in [-0.1, -0.05) is 11.6 Å². The molecule has 0 amide bonds. The lowest BCUT2D eigenvalue weighted by molar-refractivity contribution is 0.341. The van der Waals surface area contributed by atoms with Crippen LogP contribution in [0.5, 0.6) is 5.75 Å². The van der Waals surface area contributed by atoms with Gasteiger partial charge < -0.3 is 4.74 Å². The smallest absolute Gasteiger partial charge is 0.158 e. The normalized spacial score (nSPS) is 10.6. The lowest BCUT2D eigenvalue weighted by Crippen LogP contribution is -1.96. The standard InChI is InChI=1S/C11H9ClINO/c1-2-15-11-9(13)6-8(12)7-4-3-5-14-10(7)11/h3-6H,2H2,1H3. The number of rotatable bonds is 2. The number of fused-ring (bicyclic) bond motifs is 1. The molecule has 0 saturated carbocycles. The van der Waals surface area contributed by atoms with Gasteiger partial charge in [-0.05, 0) is 47.7 Å². The molecule has 1 aromatic heterocycles. The van der Waals surface area contributed by atoms with Crippen LogP contribution in [-0.2, 0) is 0 Å². The molecular formula is C11H9ClINO. The summed E-state index contributed by atoms with van der Waals surface area (Å²) in [4.78, 5) is 4.31. The summed E-state index contributed by atoms with van der Waals surface area (Å²) >= 11 is 8.34. The Morgan fingerprint density at radius 2 is 2.33 bits per heavy atom. The van der Waals surface area contributed by atoms with Gasteiger partial charge >= 0.3 is 0 Å². The molecule has 1 heterocycles. The molecule has 0 aliphatic carbocycles. The first kappa shape index (κ1) is 11.0. The number of halogens is 2. The molecule has 0 aliphatic rings. The van der Waals surface area contributed by atoms with Gasteiger partial charge in [0.2, 0.25) is 0 Å². The summed E-state index contributed by atoms with van der Waals surface area (Å²) in [6, 6.07) is 5.72. The lowest BCUT2D eigenvalue weighted by Gasteiger charge is -2.09.